The minimum Gasteiger partial charge on any atom is -0.322 e. The Morgan fingerprint density at radius 3 is 2.65 bits per heavy atom. The number of H-pyrrole nitrogens is 1. The number of benzene rings is 1. The van der Waals surface area contributed by atoms with E-state index >= 15 is 0 Å². The maximum atomic E-state index is 13.1. The molecule has 3 heterocycles. The fraction of sp³-hybridized carbons (Fsp3) is 0.462. The number of thiophene rings is 1. The van der Waals surface area contributed by atoms with Gasteiger partial charge in [0.1, 0.15) is 0 Å². The van der Waals surface area contributed by atoms with Gasteiger partial charge in [-0.1, -0.05) is 32.9 Å². The molecule has 0 aliphatic rings. The highest BCUT2D eigenvalue weighted by Gasteiger charge is 2.31. The predicted molar refractivity (Wildman–Crippen MR) is 138 cm³/mol. The zero-order chi connectivity index (χ0) is 24.3. The molecule has 4 aromatic rings. The van der Waals surface area contributed by atoms with Crippen LogP contribution in [-0.4, -0.2) is 30.1 Å². The summed E-state index contributed by atoms with van der Waals surface area (Å²) in [5.41, 5.74) is 2.64. The van der Waals surface area contributed by atoms with Crippen LogP contribution in [0.1, 0.15) is 75.3 Å². The number of rotatable bonds is 10. The van der Waals surface area contributed by atoms with Crippen LogP contribution < -0.4 is 5.56 Å². The van der Waals surface area contributed by atoms with Crippen molar-refractivity contribution in [2.24, 2.45) is 0 Å². The minimum atomic E-state index is -0.197. The molecule has 7 nitrogen and oxygen atoms in total. The summed E-state index contributed by atoms with van der Waals surface area (Å²) in [5.74, 6) is 0.844. The zero-order valence-electron chi connectivity index (χ0n) is 20.7. The van der Waals surface area contributed by atoms with Crippen molar-refractivity contribution in [2.75, 3.05) is 0 Å². The van der Waals surface area contributed by atoms with E-state index in [0.29, 0.717) is 6.54 Å². The van der Waals surface area contributed by atoms with Crippen molar-refractivity contribution in [1.82, 2.24) is 30.1 Å². The number of tetrazole rings is 1. The number of fused-ring (bicyclic) bond motifs is 1. The summed E-state index contributed by atoms with van der Waals surface area (Å²) in [5, 5.41) is 16.0. The Morgan fingerprint density at radius 2 is 1.97 bits per heavy atom. The standard InChI is InChI=1S/C26H34N6OS/c1-6-18-11-12-22-19(14-18)15-20(25(33)27-22)16-31(17-21-10-9-13-34-21)23(7-2)24-28-29-30-32(24)26(4,5)8-3/h9-15,23H,6-8,16-17H2,1-5H3,(H,27,33). The van der Waals surface area contributed by atoms with E-state index in [1.54, 1.807) is 11.3 Å². The fourth-order valence-electron chi connectivity index (χ4n) is 4.32. The number of nitrogens with one attached hydrogen (secondary N) is 1. The van der Waals surface area contributed by atoms with E-state index in [4.69, 9.17) is 0 Å². The highest BCUT2D eigenvalue weighted by Crippen LogP contribution is 2.30. The van der Waals surface area contributed by atoms with Crippen LogP contribution >= 0.6 is 11.3 Å². The van der Waals surface area contributed by atoms with Crippen LogP contribution in [0.25, 0.3) is 10.9 Å². The zero-order valence-corrected chi connectivity index (χ0v) is 21.5. The first-order chi connectivity index (χ1) is 16.4. The van der Waals surface area contributed by atoms with Crippen molar-refractivity contribution in [3.8, 4) is 0 Å². The van der Waals surface area contributed by atoms with Crippen LogP contribution in [0.15, 0.2) is 46.6 Å². The molecule has 1 atom stereocenters. The maximum absolute atomic E-state index is 13.1. The second-order valence-electron chi connectivity index (χ2n) is 9.42. The summed E-state index contributed by atoms with van der Waals surface area (Å²) >= 11 is 1.73. The largest absolute Gasteiger partial charge is 0.322 e. The van der Waals surface area contributed by atoms with Crippen molar-refractivity contribution >= 4 is 22.2 Å². The Labute approximate surface area is 204 Å². The van der Waals surface area contributed by atoms with Crippen LogP contribution in [0, 0.1) is 0 Å². The van der Waals surface area contributed by atoms with Gasteiger partial charge in [-0.25, -0.2) is 4.68 Å². The third-order valence-electron chi connectivity index (χ3n) is 6.76. The van der Waals surface area contributed by atoms with E-state index in [1.807, 2.05) is 16.8 Å². The van der Waals surface area contributed by atoms with Gasteiger partial charge < -0.3 is 4.98 Å². The number of aromatic amines is 1. The Bertz CT molecular complexity index is 1290. The van der Waals surface area contributed by atoms with E-state index in [9.17, 15) is 4.79 Å². The summed E-state index contributed by atoms with van der Waals surface area (Å²) < 4.78 is 1.96. The molecule has 0 saturated heterocycles. The van der Waals surface area contributed by atoms with Gasteiger partial charge >= 0.3 is 0 Å². The third kappa shape index (κ3) is 4.98. The number of hydrogen-bond acceptors (Lipinski definition) is 6. The molecule has 0 aliphatic heterocycles. The highest BCUT2D eigenvalue weighted by molar-refractivity contribution is 7.09. The summed E-state index contributed by atoms with van der Waals surface area (Å²) in [4.78, 5) is 19.7. The SMILES string of the molecule is CCc1ccc2[nH]c(=O)c(CN(Cc3cccs3)C(CC)c3nnnn3C(C)(C)CC)cc2c1. The van der Waals surface area contributed by atoms with Gasteiger partial charge in [0.25, 0.3) is 5.56 Å². The molecule has 1 aromatic carbocycles. The maximum Gasteiger partial charge on any atom is 0.252 e. The number of aryl methyl sites for hydroxylation is 1. The van der Waals surface area contributed by atoms with Gasteiger partial charge in [0.05, 0.1) is 11.6 Å². The first-order valence-electron chi connectivity index (χ1n) is 12.1. The smallest absolute Gasteiger partial charge is 0.252 e. The average Bonchev–Trinajstić information content (AvgIpc) is 3.52. The molecule has 1 N–H and O–H groups in total. The second kappa shape index (κ2) is 10.2. The Balaban J connectivity index is 1.76. The van der Waals surface area contributed by atoms with Crippen LogP contribution in [0.5, 0.6) is 0 Å². The Kier molecular flexibility index (Phi) is 7.28. The number of hydrogen-bond donors (Lipinski definition) is 1. The monoisotopic (exact) mass is 478 g/mol. The summed E-state index contributed by atoms with van der Waals surface area (Å²) in [6.07, 6.45) is 2.70. The van der Waals surface area contributed by atoms with E-state index in [0.717, 1.165) is 48.1 Å². The molecule has 0 spiro atoms. The van der Waals surface area contributed by atoms with Crippen LogP contribution in [0.4, 0.5) is 0 Å². The van der Waals surface area contributed by atoms with Crippen molar-refractivity contribution in [3.63, 3.8) is 0 Å². The van der Waals surface area contributed by atoms with Gasteiger partial charge in [-0.15, -0.1) is 16.4 Å². The van der Waals surface area contributed by atoms with Crippen molar-refractivity contribution < 1.29 is 0 Å². The molecule has 0 bridgehead atoms. The number of pyridine rings is 1. The van der Waals surface area contributed by atoms with Gasteiger partial charge in [-0.2, -0.15) is 0 Å². The second-order valence-corrected chi connectivity index (χ2v) is 10.5. The van der Waals surface area contributed by atoms with Gasteiger partial charge in [0, 0.05) is 29.0 Å². The van der Waals surface area contributed by atoms with Gasteiger partial charge in [-0.3, -0.25) is 9.69 Å². The number of nitrogens with zero attached hydrogens (tertiary/aromatic N) is 5. The minimum absolute atomic E-state index is 0.0278. The lowest BCUT2D eigenvalue weighted by Crippen LogP contribution is -2.35. The molecule has 4 rings (SSSR count). The van der Waals surface area contributed by atoms with Gasteiger partial charge in [0.2, 0.25) is 0 Å². The van der Waals surface area contributed by atoms with Gasteiger partial charge in [0.15, 0.2) is 5.82 Å². The molecule has 3 aromatic heterocycles. The van der Waals surface area contributed by atoms with Gasteiger partial charge in [-0.05, 0) is 84.1 Å². The fourth-order valence-corrected chi connectivity index (χ4v) is 5.05. The summed E-state index contributed by atoms with van der Waals surface area (Å²) in [7, 11) is 0. The Hall–Kier alpha value is -2.84. The first kappa shape index (κ1) is 24.3. The molecule has 8 heteroatoms. The number of aromatic nitrogens is 5. The molecular formula is C26H34N6OS. The normalized spacial score (nSPS) is 13.1. The molecule has 1 unspecified atom stereocenters. The molecule has 0 aliphatic carbocycles. The first-order valence-corrected chi connectivity index (χ1v) is 12.9. The lowest BCUT2D eigenvalue weighted by atomic mass is 10.0. The summed E-state index contributed by atoms with van der Waals surface area (Å²) in [6, 6.07) is 12.5. The molecular weight excluding hydrogens is 444 g/mol. The predicted octanol–water partition coefficient (Wildman–Crippen LogP) is 5.44. The topological polar surface area (TPSA) is 79.7 Å². The van der Waals surface area contributed by atoms with E-state index in [1.165, 1.54) is 10.4 Å². The lowest BCUT2D eigenvalue weighted by Gasteiger charge is -2.32. The van der Waals surface area contributed by atoms with Crippen LogP contribution in [0.3, 0.4) is 0 Å². The highest BCUT2D eigenvalue weighted by atomic mass is 32.1. The van der Waals surface area contributed by atoms with Crippen molar-refractivity contribution in [2.45, 2.75) is 78.6 Å². The van der Waals surface area contributed by atoms with Crippen LogP contribution in [-0.2, 0) is 25.0 Å². The quantitative estimate of drug-likeness (QED) is 0.328. The lowest BCUT2D eigenvalue weighted by molar-refractivity contribution is 0.152. The average molecular weight is 479 g/mol. The molecule has 0 fully saturated rings. The van der Waals surface area contributed by atoms with E-state index in [2.05, 4.69) is 89.7 Å². The summed E-state index contributed by atoms with van der Waals surface area (Å²) in [6.45, 7) is 12.0. The van der Waals surface area contributed by atoms with Crippen molar-refractivity contribution in [1.29, 1.82) is 0 Å². The third-order valence-corrected chi connectivity index (χ3v) is 7.63. The molecule has 0 saturated carbocycles. The van der Waals surface area contributed by atoms with E-state index < -0.39 is 0 Å². The van der Waals surface area contributed by atoms with Crippen LogP contribution in [0.2, 0.25) is 0 Å². The molecule has 0 amide bonds. The Morgan fingerprint density at radius 1 is 1.15 bits per heavy atom. The van der Waals surface area contributed by atoms with Crippen molar-refractivity contribution in [3.05, 3.63) is 74.0 Å². The molecule has 180 valence electrons. The molecule has 34 heavy (non-hydrogen) atoms. The molecule has 0 radical (unpaired) electrons. The van der Waals surface area contributed by atoms with E-state index in [-0.39, 0.29) is 17.1 Å².